The lowest BCUT2D eigenvalue weighted by Crippen LogP contribution is -2.41. The van der Waals surface area contributed by atoms with E-state index >= 15 is 0 Å². The zero-order valence-electron chi connectivity index (χ0n) is 12.3. The van der Waals surface area contributed by atoms with E-state index in [4.69, 9.17) is 10.5 Å². The summed E-state index contributed by atoms with van der Waals surface area (Å²) >= 11 is 0. The summed E-state index contributed by atoms with van der Waals surface area (Å²) in [5.41, 5.74) is 6.00. The molecule has 1 unspecified atom stereocenters. The highest BCUT2D eigenvalue weighted by atomic mass is 16.5. The van der Waals surface area contributed by atoms with Crippen LogP contribution in [0.4, 0.5) is 4.79 Å². The molecule has 1 aromatic carbocycles. The van der Waals surface area contributed by atoms with Gasteiger partial charge in [0, 0.05) is 30.5 Å². The highest BCUT2D eigenvalue weighted by Gasteiger charge is 2.34. The van der Waals surface area contributed by atoms with Crippen LogP contribution in [-0.2, 0) is 0 Å². The standard InChI is InChI=1S/C15H21N3O2/c1-15(2,3)18-10-9-17(4)13(18)11-7-5-6-8-12(11)20-14(16)19/h5-10,13H,1-4H3,(H2,16,19). The number of primary amides is 1. The average molecular weight is 275 g/mol. The molecule has 1 heterocycles. The second-order valence-electron chi connectivity index (χ2n) is 5.87. The van der Waals surface area contributed by atoms with Crippen molar-refractivity contribution in [2.45, 2.75) is 32.5 Å². The third kappa shape index (κ3) is 2.71. The third-order valence-electron chi connectivity index (χ3n) is 3.29. The van der Waals surface area contributed by atoms with Gasteiger partial charge in [0.1, 0.15) is 11.9 Å². The van der Waals surface area contributed by atoms with Crippen molar-refractivity contribution in [3.8, 4) is 5.75 Å². The van der Waals surface area contributed by atoms with E-state index in [2.05, 4.69) is 30.6 Å². The van der Waals surface area contributed by atoms with Crippen LogP contribution in [0.15, 0.2) is 36.7 Å². The first-order valence-corrected chi connectivity index (χ1v) is 6.55. The van der Waals surface area contributed by atoms with Crippen LogP contribution in [0.3, 0.4) is 0 Å². The number of rotatable bonds is 2. The van der Waals surface area contributed by atoms with Gasteiger partial charge in [0.05, 0.1) is 0 Å². The third-order valence-corrected chi connectivity index (χ3v) is 3.29. The highest BCUT2D eigenvalue weighted by Crippen LogP contribution is 2.39. The fourth-order valence-corrected chi connectivity index (χ4v) is 2.39. The lowest BCUT2D eigenvalue weighted by Gasteiger charge is -2.40. The maximum absolute atomic E-state index is 11.1. The smallest absolute Gasteiger partial charge is 0.409 e. The van der Waals surface area contributed by atoms with Gasteiger partial charge >= 0.3 is 6.09 Å². The van der Waals surface area contributed by atoms with Gasteiger partial charge in [-0.3, -0.25) is 0 Å². The molecule has 2 rings (SSSR count). The van der Waals surface area contributed by atoms with E-state index in [9.17, 15) is 4.79 Å². The number of ether oxygens (including phenoxy) is 1. The summed E-state index contributed by atoms with van der Waals surface area (Å²) in [5, 5.41) is 0. The van der Waals surface area contributed by atoms with Crippen LogP contribution in [0.1, 0.15) is 32.5 Å². The van der Waals surface area contributed by atoms with Gasteiger partial charge in [0.2, 0.25) is 0 Å². The number of amides is 1. The van der Waals surface area contributed by atoms with Crippen LogP contribution in [0.2, 0.25) is 0 Å². The molecule has 5 heteroatoms. The van der Waals surface area contributed by atoms with Crippen LogP contribution in [0, 0.1) is 0 Å². The van der Waals surface area contributed by atoms with Gasteiger partial charge in [-0.05, 0) is 26.8 Å². The van der Waals surface area contributed by atoms with Crippen molar-refractivity contribution in [1.29, 1.82) is 0 Å². The van der Waals surface area contributed by atoms with Gasteiger partial charge in [-0.2, -0.15) is 0 Å². The molecule has 1 aromatic rings. The Morgan fingerprint density at radius 2 is 1.90 bits per heavy atom. The Morgan fingerprint density at radius 3 is 2.50 bits per heavy atom. The van der Waals surface area contributed by atoms with E-state index in [1.54, 1.807) is 6.07 Å². The molecule has 108 valence electrons. The molecular formula is C15H21N3O2. The summed E-state index contributed by atoms with van der Waals surface area (Å²) in [6, 6.07) is 7.46. The quantitative estimate of drug-likeness (QED) is 0.901. The Balaban J connectivity index is 2.41. The van der Waals surface area contributed by atoms with Crippen molar-refractivity contribution in [2.75, 3.05) is 7.05 Å². The van der Waals surface area contributed by atoms with Crippen molar-refractivity contribution in [1.82, 2.24) is 9.80 Å². The molecule has 0 saturated carbocycles. The van der Waals surface area contributed by atoms with E-state index in [1.807, 2.05) is 37.6 Å². The zero-order chi connectivity index (χ0) is 14.9. The minimum absolute atomic E-state index is 0.0226. The number of carbonyl (C=O) groups excluding carboxylic acids is 1. The molecule has 0 saturated heterocycles. The molecule has 1 aliphatic rings. The van der Waals surface area contributed by atoms with Gasteiger partial charge in [-0.1, -0.05) is 18.2 Å². The second kappa shape index (κ2) is 5.07. The van der Waals surface area contributed by atoms with Crippen molar-refractivity contribution in [3.05, 3.63) is 42.2 Å². The molecular weight excluding hydrogens is 254 g/mol. The Morgan fingerprint density at radius 1 is 1.25 bits per heavy atom. The highest BCUT2D eigenvalue weighted by molar-refractivity contribution is 5.68. The van der Waals surface area contributed by atoms with Gasteiger partial charge in [0.15, 0.2) is 0 Å². The maximum Gasteiger partial charge on any atom is 0.409 e. The molecule has 1 aliphatic heterocycles. The fourth-order valence-electron chi connectivity index (χ4n) is 2.39. The zero-order valence-corrected chi connectivity index (χ0v) is 12.3. The van der Waals surface area contributed by atoms with E-state index < -0.39 is 6.09 Å². The predicted molar refractivity (Wildman–Crippen MR) is 77.9 cm³/mol. The molecule has 0 aromatic heterocycles. The van der Waals surface area contributed by atoms with Crippen molar-refractivity contribution in [3.63, 3.8) is 0 Å². The van der Waals surface area contributed by atoms with Gasteiger partial charge in [0.25, 0.3) is 0 Å². The number of hydrogen-bond donors (Lipinski definition) is 1. The molecule has 0 spiro atoms. The summed E-state index contributed by atoms with van der Waals surface area (Å²) in [6.45, 7) is 6.42. The van der Waals surface area contributed by atoms with Gasteiger partial charge in [-0.25, -0.2) is 4.79 Å². The van der Waals surface area contributed by atoms with Crippen molar-refractivity contribution in [2.24, 2.45) is 5.73 Å². The van der Waals surface area contributed by atoms with E-state index in [-0.39, 0.29) is 11.7 Å². The molecule has 5 nitrogen and oxygen atoms in total. The fraction of sp³-hybridized carbons (Fsp3) is 0.400. The number of carbonyl (C=O) groups is 1. The summed E-state index contributed by atoms with van der Waals surface area (Å²) in [5.74, 6) is 0.495. The molecule has 1 amide bonds. The summed E-state index contributed by atoms with van der Waals surface area (Å²) in [7, 11) is 1.99. The van der Waals surface area contributed by atoms with Crippen LogP contribution < -0.4 is 10.5 Å². The number of benzene rings is 1. The molecule has 0 aliphatic carbocycles. The first kappa shape index (κ1) is 14.2. The largest absolute Gasteiger partial charge is 0.410 e. The molecule has 20 heavy (non-hydrogen) atoms. The minimum atomic E-state index is -0.798. The first-order chi connectivity index (χ1) is 9.30. The number of para-hydroxylation sites is 1. The Hall–Kier alpha value is -2.17. The molecule has 2 N–H and O–H groups in total. The van der Waals surface area contributed by atoms with Crippen LogP contribution in [0.25, 0.3) is 0 Å². The Kier molecular flexibility index (Phi) is 3.61. The monoisotopic (exact) mass is 275 g/mol. The summed E-state index contributed by atoms with van der Waals surface area (Å²) < 4.78 is 5.12. The van der Waals surface area contributed by atoms with Crippen molar-refractivity contribution >= 4 is 6.09 Å². The predicted octanol–water partition coefficient (Wildman–Crippen LogP) is 2.66. The Labute approximate surface area is 119 Å². The van der Waals surface area contributed by atoms with E-state index in [0.717, 1.165) is 5.56 Å². The molecule has 0 radical (unpaired) electrons. The first-order valence-electron chi connectivity index (χ1n) is 6.55. The van der Waals surface area contributed by atoms with E-state index in [0.29, 0.717) is 5.75 Å². The summed E-state index contributed by atoms with van der Waals surface area (Å²) in [4.78, 5) is 15.3. The molecule has 0 fully saturated rings. The minimum Gasteiger partial charge on any atom is -0.410 e. The lowest BCUT2D eigenvalue weighted by atomic mass is 10.0. The Bertz CT molecular complexity index is 534. The number of nitrogens with zero attached hydrogens (tertiary/aromatic N) is 2. The average Bonchev–Trinajstić information content (AvgIpc) is 2.71. The normalized spacial score (nSPS) is 18.5. The number of hydrogen-bond acceptors (Lipinski definition) is 4. The van der Waals surface area contributed by atoms with E-state index in [1.165, 1.54) is 0 Å². The molecule has 0 bridgehead atoms. The number of nitrogens with two attached hydrogens (primary N) is 1. The topological polar surface area (TPSA) is 58.8 Å². The van der Waals surface area contributed by atoms with Gasteiger partial charge < -0.3 is 20.3 Å². The maximum atomic E-state index is 11.1. The molecule has 1 atom stereocenters. The SMILES string of the molecule is CN1C=CN(C(C)(C)C)C1c1ccccc1OC(N)=O. The summed E-state index contributed by atoms with van der Waals surface area (Å²) in [6.07, 6.45) is 3.24. The van der Waals surface area contributed by atoms with Crippen LogP contribution in [0.5, 0.6) is 5.75 Å². The van der Waals surface area contributed by atoms with Crippen LogP contribution in [-0.4, -0.2) is 28.5 Å². The van der Waals surface area contributed by atoms with Gasteiger partial charge in [-0.15, -0.1) is 0 Å². The van der Waals surface area contributed by atoms with Crippen molar-refractivity contribution < 1.29 is 9.53 Å². The second-order valence-corrected chi connectivity index (χ2v) is 5.87. The lowest BCUT2D eigenvalue weighted by molar-refractivity contribution is 0.0891. The van der Waals surface area contributed by atoms with Crippen LogP contribution >= 0.6 is 0 Å².